The van der Waals surface area contributed by atoms with Gasteiger partial charge in [0.2, 0.25) is 16.0 Å². The Morgan fingerprint density at radius 1 is 1.00 bits per heavy atom. The Labute approximate surface area is 169 Å². The number of hydrogen-bond donors (Lipinski definition) is 0. The van der Waals surface area contributed by atoms with E-state index in [2.05, 4.69) is 14.8 Å². The number of aromatic nitrogens is 2. The molecule has 0 amide bonds. The van der Waals surface area contributed by atoms with Crippen LogP contribution in [0.4, 0.5) is 5.95 Å². The van der Waals surface area contributed by atoms with E-state index in [9.17, 15) is 8.42 Å². The molecule has 1 aromatic rings. The lowest BCUT2D eigenvalue weighted by molar-refractivity contribution is 0.105. The fraction of sp³-hybridized carbons (Fsp3) is 0.800. The molecule has 1 aromatic heterocycles. The van der Waals surface area contributed by atoms with Gasteiger partial charge in [0.15, 0.2) is 0 Å². The molecule has 3 fully saturated rings. The molecule has 3 aliphatic rings. The van der Waals surface area contributed by atoms with Crippen LogP contribution in [0.2, 0.25) is 0 Å². The number of likely N-dealkylation sites (tertiary alicyclic amines) is 1. The van der Waals surface area contributed by atoms with Crippen molar-refractivity contribution in [1.82, 2.24) is 19.2 Å². The van der Waals surface area contributed by atoms with E-state index < -0.39 is 10.0 Å². The minimum absolute atomic E-state index is 0.201. The fourth-order valence-electron chi connectivity index (χ4n) is 5.08. The second kappa shape index (κ2) is 8.63. The van der Waals surface area contributed by atoms with E-state index in [0.29, 0.717) is 12.5 Å². The summed E-state index contributed by atoms with van der Waals surface area (Å²) in [4.78, 5) is 14.0. The third-order valence-corrected chi connectivity index (χ3v) is 7.88. The zero-order valence-electron chi connectivity index (χ0n) is 17.0. The highest BCUT2D eigenvalue weighted by Crippen LogP contribution is 2.32. The van der Waals surface area contributed by atoms with Gasteiger partial charge < -0.3 is 4.90 Å². The zero-order valence-corrected chi connectivity index (χ0v) is 17.8. The summed E-state index contributed by atoms with van der Waals surface area (Å²) in [7, 11) is -3.10. The van der Waals surface area contributed by atoms with Gasteiger partial charge in [-0.1, -0.05) is 6.42 Å². The maximum absolute atomic E-state index is 12.2. The molecule has 3 saturated heterocycles. The Balaban J connectivity index is 1.33. The largest absolute Gasteiger partial charge is 0.341 e. The van der Waals surface area contributed by atoms with Crippen molar-refractivity contribution >= 4 is 16.0 Å². The van der Waals surface area contributed by atoms with Gasteiger partial charge >= 0.3 is 0 Å². The molecule has 0 spiro atoms. The average molecular weight is 408 g/mol. The predicted molar refractivity (Wildman–Crippen MR) is 111 cm³/mol. The van der Waals surface area contributed by atoms with Crippen molar-refractivity contribution in [3.8, 4) is 0 Å². The van der Waals surface area contributed by atoms with Gasteiger partial charge in [0.25, 0.3) is 0 Å². The van der Waals surface area contributed by atoms with E-state index in [0.717, 1.165) is 76.5 Å². The molecule has 156 valence electrons. The summed E-state index contributed by atoms with van der Waals surface area (Å²) >= 11 is 0. The van der Waals surface area contributed by atoms with Gasteiger partial charge in [-0.15, -0.1) is 0 Å². The van der Waals surface area contributed by atoms with Crippen LogP contribution >= 0.6 is 0 Å². The molecule has 0 unspecified atom stereocenters. The van der Waals surface area contributed by atoms with Gasteiger partial charge in [-0.2, -0.15) is 4.31 Å². The number of anilines is 1. The van der Waals surface area contributed by atoms with Crippen LogP contribution in [-0.4, -0.2) is 72.6 Å². The molecule has 0 aromatic carbocycles. The standard InChI is InChI=1S/C20H33N5O2S/c1-28(26,27)25-13-3-2-6-19(25)17-8-14-23(15-9-17)16-18-7-10-21-20(22-18)24-11-4-5-12-24/h7,10,17,19H,2-6,8-9,11-16H2,1H3/t19-/m0/s1. The molecule has 0 aliphatic carbocycles. The van der Waals surface area contributed by atoms with Crippen LogP contribution in [0.1, 0.15) is 50.6 Å². The zero-order chi connectivity index (χ0) is 19.6. The van der Waals surface area contributed by atoms with Gasteiger partial charge in [0.1, 0.15) is 0 Å². The Kier molecular flexibility index (Phi) is 6.18. The normalized spacial score (nSPS) is 26.0. The number of rotatable bonds is 5. The summed E-state index contributed by atoms with van der Waals surface area (Å²) in [5.74, 6) is 1.35. The molecule has 3 aliphatic heterocycles. The van der Waals surface area contributed by atoms with Crippen LogP contribution in [0, 0.1) is 5.92 Å². The van der Waals surface area contributed by atoms with Crippen LogP contribution in [0.5, 0.6) is 0 Å². The minimum Gasteiger partial charge on any atom is -0.341 e. The SMILES string of the molecule is CS(=O)(=O)N1CCCC[C@H]1C1CCN(Cc2ccnc(N3CCCC3)n2)CC1. The van der Waals surface area contributed by atoms with E-state index in [1.807, 2.05) is 12.3 Å². The molecule has 0 bridgehead atoms. The molecule has 7 nitrogen and oxygen atoms in total. The molecule has 8 heteroatoms. The lowest BCUT2D eigenvalue weighted by atomic mass is 9.85. The fourth-order valence-corrected chi connectivity index (χ4v) is 6.31. The first-order chi connectivity index (χ1) is 13.5. The van der Waals surface area contributed by atoms with Crippen molar-refractivity contribution in [3.05, 3.63) is 18.0 Å². The maximum atomic E-state index is 12.2. The smallest absolute Gasteiger partial charge is 0.225 e. The van der Waals surface area contributed by atoms with Crippen molar-refractivity contribution in [1.29, 1.82) is 0 Å². The van der Waals surface area contributed by atoms with Gasteiger partial charge in [-0.3, -0.25) is 4.90 Å². The molecule has 28 heavy (non-hydrogen) atoms. The average Bonchev–Trinajstić information content (AvgIpc) is 3.23. The lowest BCUT2D eigenvalue weighted by Gasteiger charge is -2.42. The molecular formula is C20H33N5O2S. The quantitative estimate of drug-likeness (QED) is 0.745. The molecule has 1 atom stereocenters. The Morgan fingerprint density at radius 2 is 1.71 bits per heavy atom. The van der Waals surface area contributed by atoms with Crippen molar-refractivity contribution in [3.63, 3.8) is 0 Å². The van der Waals surface area contributed by atoms with Gasteiger partial charge in [-0.25, -0.2) is 18.4 Å². The summed E-state index contributed by atoms with van der Waals surface area (Å²) in [6, 6.07) is 2.23. The second-order valence-corrected chi connectivity index (χ2v) is 10.5. The van der Waals surface area contributed by atoms with Crippen molar-refractivity contribution in [2.45, 2.75) is 57.5 Å². The molecule has 0 radical (unpaired) electrons. The number of piperidine rings is 2. The van der Waals surface area contributed by atoms with Crippen LogP contribution in [0.15, 0.2) is 12.3 Å². The van der Waals surface area contributed by atoms with Crippen molar-refractivity contribution in [2.24, 2.45) is 5.92 Å². The third kappa shape index (κ3) is 4.66. The molecule has 0 N–H and O–H groups in total. The van der Waals surface area contributed by atoms with Crippen molar-refractivity contribution in [2.75, 3.05) is 43.9 Å². The topological polar surface area (TPSA) is 69.6 Å². The predicted octanol–water partition coefficient (Wildman–Crippen LogP) is 2.10. The first-order valence-corrected chi connectivity index (χ1v) is 12.6. The lowest BCUT2D eigenvalue weighted by Crippen LogP contribution is -2.49. The minimum atomic E-state index is -3.10. The maximum Gasteiger partial charge on any atom is 0.225 e. The first-order valence-electron chi connectivity index (χ1n) is 10.8. The Bertz CT molecular complexity index is 758. The van der Waals surface area contributed by atoms with E-state index in [1.165, 1.54) is 19.1 Å². The summed E-state index contributed by atoms with van der Waals surface area (Å²) < 4.78 is 26.1. The third-order valence-electron chi connectivity index (χ3n) is 6.58. The first kappa shape index (κ1) is 20.0. The molecule has 4 rings (SSSR count). The van der Waals surface area contributed by atoms with Crippen LogP contribution in [-0.2, 0) is 16.6 Å². The van der Waals surface area contributed by atoms with Crippen LogP contribution in [0.3, 0.4) is 0 Å². The van der Waals surface area contributed by atoms with Crippen LogP contribution < -0.4 is 4.90 Å². The van der Waals surface area contributed by atoms with E-state index in [1.54, 1.807) is 4.31 Å². The van der Waals surface area contributed by atoms with Crippen LogP contribution in [0.25, 0.3) is 0 Å². The summed E-state index contributed by atoms with van der Waals surface area (Å²) in [5.41, 5.74) is 1.09. The van der Waals surface area contributed by atoms with Crippen molar-refractivity contribution < 1.29 is 8.42 Å². The van der Waals surface area contributed by atoms with Gasteiger partial charge in [-0.05, 0) is 63.6 Å². The van der Waals surface area contributed by atoms with E-state index in [4.69, 9.17) is 4.98 Å². The monoisotopic (exact) mass is 407 g/mol. The Morgan fingerprint density at radius 3 is 2.43 bits per heavy atom. The van der Waals surface area contributed by atoms with E-state index in [-0.39, 0.29) is 6.04 Å². The molecular weight excluding hydrogens is 374 g/mol. The highest BCUT2D eigenvalue weighted by Gasteiger charge is 2.36. The van der Waals surface area contributed by atoms with E-state index >= 15 is 0 Å². The number of nitrogens with zero attached hydrogens (tertiary/aromatic N) is 5. The number of hydrogen-bond acceptors (Lipinski definition) is 6. The summed E-state index contributed by atoms with van der Waals surface area (Å²) in [6.45, 7) is 5.71. The highest BCUT2D eigenvalue weighted by molar-refractivity contribution is 7.88. The Hall–Kier alpha value is -1.25. The highest BCUT2D eigenvalue weighted by atomic mass is 32.2. The number of sulfonamides is 1. The van der Waals surface area contributed by atoms with Gasteiger partial charge in [0.05, 0.1) is 11.9 Å². The summed E-state index contributed by atoms with van der Waals surface area (Å²) in [5, 5.41) is 0. The molecule has 4 heterocycles. The second-order valence-electron chi connectivity index (χ2n) is 8.59. The van der Waals surface area contributed by atoms with Gasteiger partial charge in [0, 0.05) is 38.4 Å². The summed E-state index contributed by atoms with van der Waals surface area (Å²) in [6.07, 6.45) is 11.0. The molecule has 0 saturated carbocycles.